The predicted octanol–water partition coefficient (Wildman–Crippen LogP) is 7.37. The summed E-state index contributed by atoms with van der Waals surface area (Å²) in [5, 5.41) is 2.49. The Hall–Kier alpha value is -2.35. The molecule has 3 aromatic rings. The number of hydrogen-bond donors (Lipinski definition) is 0. The van der Waals surface area contributed by atoms with E-state index in [4.69, 9.17) is 9.72 Å². The highest BCUT2D eigenvalue weighted by Crippen LogP contribution is 2.36. The lowest BCUT2D eigenvalue weighted by molar-refractivity contribution is 0.439. The Morgan fingerprint density at radius 2 is 1.56 bits per heavy atom. The van der Waals surface area contributed by atoms with Gasteiger partial charge in [0.1, 0.15) is 11.5 Å². The van der Waals surface area contributed by atoms with E-state index < -0.39 is 0 Å². The standard InChI is InChI=1S/C25H29NO/c1-25(2,3)20-10-13-21(14-11-20)27-22-12-9-18-15-16-26-24(23(18)17-22)19-7-5-4-6-8-19/h9-17,19H,4-8H2,1-3H3. The van der Waals surface area contributed by atoms with Crippen molar-refractivity contribution in [3.63, 3.8) is 0 Å². The van der Waals surface area contributed by atoms with Crippen LogP contribution in [0.2, 0.25) is 0 Å². The summed E-state index contributed by atoms with van der Waals surface area (Å²) in [4.78, 5) is 4.76. The van der Waals surface area contributed by atoms with Gasteiger partial charge in [-0.2, -0.15) is 0 Å². The molecule has 0 radical (unpaired) electrons. The molecule has 1 aliphatic rings. The SMILES string of the molecule is CC(C)(C)c1ccc(Oc2ccc3ccnc(C4CCCCC4)c3c2)cc1. The fraction of sp³-hybridized carbons (Fsp3) is 0.400. The minimum atomic E-state index is 0.155. The van der Waals surface area contributed by atoms with Gasteiger partial charge in [0.15, 0.2) is 0 Å². The molecule has 0 aliphatic heterocycles. The molecule has 0 saturated heterocycles. The maximum atomic E-state index is 6.17. The molecule has 0 bridgehead atoms. The summed E-state index contributed by atoms with van der Waals surface area (Å²) in [5.74, 6) is 2.35. The number of pyridine rings is 1. The minimum Gasteiger partial charge on any atom is -0.457 e. The van der Waals surface area contributed by atoms with E-state index in [1.807, 2.05) is 6.20 Å². The van der Waals surface area contributed by atoms with E-state index >= 15 is 0 Å². The summed E-state index contributed by atoms with van der Waals surface area (Å²) in [5.41, 5.74) is 2.72. The first-order valence-corrected chi connectivity index (χ1v) is 10.2. The highest BCUT2D eigenvalue weighted by Gasteiger charge is 2.19. The Balaban J connectivity index is 1.62. The Kier molecular flexibility index (Phi) is 4.90. The quantitative estimate of drug-likeness (QED) is 0.487. The van der Waals surface area contributed by atoms with Crippen LogP contribution in [0.25, 0.3) is 10.8 Å². The Bertz CT molecular complexity index is 915. The summed E-state index contributed by atoms with van der Waals surface area (Å²) in [7, 11) is 0. The van der Waals surface area contributed by atoms with E-state index in [2.05, 4.69) is 69.3 Å². The largest absolute Gasteiger partial charge is 0.457 e. The molecular weight excluding hydrogens is 330 g/mol. The fourth-order valence-electron chi connectivity index (χ4n) is 4.09. The number of hydrogen-bond acceptors (Lipinski definition) is 2. The number of fused-ring (bicyclic) bond motifs is 1. The first-order valence-electron chi connectivity index (χ1n) is 10.2. The van der Waals surface area contributed by atoms with Gasteiger partial charge in [0, 0.05) is 17.5 Å². The molecule has 0 unspecified atom stereocenters. The highest BCUT2D eigenvalue weighted by molar-refractivity contribution is 5.86. The third-order valence-electron chi connectivity index (χ3n) is 5.72. The summed E-state index contributed by atoms with van der Waals surface area (Å²) >= 11 is 0. The monoisotopic (exact) mass is 359 g/mol. The molecule has 1 saturated carbocycles. The number of rotatable bonds is 3. The zero-order valence-electron chi connectivity index (χ0n) is 16.7. The molecular formula is C25H29NO. The van der Waals surface area contributed by atoms with Crippen molar-refractivity contribution >= 4 is 10.8 Å². The second-order valence-electron chi connectivity index (χ2n) is 8.79. The van der Waals surface area contributed by atoms with Gasteiger partial charge < -0.3 is 4.74 Å². The molecule has 2 heteroatoms. The van der Waals surface area contributed by atoms with Crippen LogP contribution in [0.5, 0.6) is 11.5 Å². The molecule has 27 heavy (non-hydrogen) atoms. The number of ether oxygens (including phenoxy) is 1. The molecule has 0 atom stereocenters. The number of benzene rings is 2. The van der Waals surface area contributed by atoms with Crippen molar-refractivity contribution in [3.05, 3.63) is 66.0 Å². The first kappa shape index (κ1) is 18.0. The van der Waals surface area contributed by atoms with Gasteiger partial charge in [-0.05, 0) is 59.5 Å². The molecule has 0 spiro atoms. The predicted molar refractivity (Wildman–Crippen MR) is 113 cm³/mol. The van der Waals surface area contributed by atoms with Crippen LogP contribution in [0.1, 0.15) is 70.1 Å². The lowest BCUT2D eigenvalue weighted by atomic mass is 9.85. The second-order valence-corrected chi connectivity index (χ2v) is 8.79. The van der Waals surface area contributed by atoms with E-state index in [1.165, 1.54) is 54.1 Å². The van der Waals surface area contributed by atoms with Gasteiger partial charge in [0.05, 0.1) is 5.69 Å². The number of aromatic nitrogens is 1. The second kappa shape index (κ2) is 7.34. The Morgan fingerprint density at radius 3 is 2.26 bits per heavy atom. The van der Waals surface area contributed by atoms with Crippen LogP contribution in [-0.4, -0.2) is 4.98 Å². The average Bonchev–Trinajstić information content (AvgIpc) is 2.68. The van der Waals surface area contributed by atoms with Crippen LogP contribution >= 0.6 is 0 Å². The molecule has 1 heterocycles. The molecule has 140 valence electrons. The highest BCUT2D eigenvalue weighted by atomic mass is 16.5. The molecule has 1 fully saturated rings. The lowest BCUT2D eigenvalue weighted by Crippen LogP contribution is -2.10. The molecule has 2 aromatic carbocycles. The van der Waals surface area contributed by atoms with Gasteiger partial charge >= 0.3 is 0 Å². The van der Waals surface area contributed by atoms with E-state index in [0.29, 0.717) is 5.92 Å². The molecule has 0 amide bonds. The summed E-state index contributed by atoms with van der Waals surface area (Å²) in [6.45, 7) is 6.68. The third-order valence-corrected chi connectivity index (χ3v) is 5.72. The normalized spacial score (nSPS) is 15.8. The Morgan fingerprint density at radius 1 is 0.852 bits per heavy atom. The van der Waals surface area contributed by atoms with Crippen molar-refractivity contribution in [3.8, 4) is 11.5 Å². The maximum absolute atomic E-state index is 6.17. The molecule has 2 nitrogen and oxygen atoms in total. The first-order chi connectivity index (χ1) is 13.0. The zero-order valence-corrected chi connectivity index (χ0v) is 16.7. The molecule has 0 N–H and O–H groups in total. The zero-order chi connectivity index (χ0) is 18.9. The van der Waals surface area contributed by atoms with Crippen molar-refractivity contribution in [2.24, 2.45) is 0 Å². The van der Waals surface area contributed by atoms with Crippen molar-refractivity contribution in [2.45, 2.75) is 64.2 Å². The van der Waals surface area contributed by atoms with Crippen LogP contribution < -0.4 is 4.74 Å². The molecule has 1 aliphatic carbocycles. The van der Waals surface area contributed by atoms with E-state index in [0.717, 1.165) is 11.5 Å². The van der Waals surface area contributed by atoms with Crippen LogP contribution in [0.4, 0.5) is 0 Å². The summed E-state index contributed by atoms with van der Waals surface area (Å²) in [6.07, 6.45) is 8.47. The van der Waals surface area contributed by atoms with Gasteiger partial charge in [0.25, 0.3) is 0 Å². The van der Waals surface area contributed by atoms with Crippen molar-refractivity contribution in [2.75, 3.05) is 0 Å². The van der Waals surface area contributed by atoms with Crippen LogP contribution in [-0.2, 0) is 5.41 Å². The number of nitrogens with zero attached hydrogens (tertiary/aromatic N) is 1. The van der Waals surface area contributed by atoms with Gasteiger partial charge in [0.2, 0.25) is 0 Å². The summed E-state index contributed by atoms with van der Waals surface area (Å²) < 4.78 is 6.17. The molecule has 1 aromatic heterocycles. The Labute approximate surface area is 162 Å². The van der Waals surface area contributed by atoms with Crippen molar-refractivity contribution in [1.29, 1.82) is 0 Å². The van der Waals surface area contributed by atoms with Gasteiger partial charge in [-0.15, -0.1) is 0 Å². The minimum absolute atomic E-state index is 0.155. The third kappa shape index (κ3) is 4.00. The van der Waals surface area contributed by atoms with E-state index in [9.17, 15) is 0 Å². The van der Waals surface area contributed by atoms with E-state index in [1.54, 1.807) is 0 Å². The van der Waals surface area contributed by atoms with Gasteiger partial charge in [-0.3, -0.25) is 4.98 Å². The van der Waals surface area contributed by atoms with Crippen LogP contribution in [0.3, 0.4) is 0 Å². The van der Waals surface area contributed by atoms with Crippen LogP contribution in [0.15, 0.2) is 54.7 Å². The lowest BCUT2D eigenvalue weighted by Gasteiger charge is -2.22. The van der Waals surface area contributed by atoms with Gasteiger partial charge in [-0.25, -0.2) is 0 Å². The smallest absolute Gasteiger partial charge is 0.128 e. The average molecular weight is 360 g/mol. The fourth-order valence-corrected chi connectivity index (χ4v) is 4.09. The molecule has 4 rings (SSSR count). The van der Waals surface area contributed by atoms with E-state index in [-0.39, 0.29) is 5.41 Å². The summed E-state index contributed by atoms with van der Waals surface area (Å²) in [6, 6.07) is 16.9. The maximum Gasteiger partial charge on any atom is 0.128 e. The van der Waals surface area contributed by atoms with Crippen molar-refractivity contribution < 1.29 is 4.74 Å². The van der Waals surface area contributed by atoms with Gasteiger partial charge in [-0.1, -0.05) is 58.2 Å². The van der Waals surface area contributed by atoms with Crippen LogP contribution in [0, 0.1) is 0 Å². The van der Waals surface area contributed by atoms with Crippen molar-refractivity contribution in [1.82, 2.24) is 4.98 Å². The topological polar surface area (TPSA) is 22.1 Å².